The molecule has 2 heterocycles. The van der Waals surface area contributed by atoms with Crippen LogP contribution in [0, 0.1) is 18.3 Å². The molecular weight excluding hydrogens is 396 g/mol. The van der Waals surface area contributed by atoms with Crippen LogP contribution >= 0.6 is 23.4 Å². The van der Waals surface area contributed by atoms with Gasteiger partial charge in [0.1, 0.15) is 17.4 Å². The summed E-state index contributed by atoms with van der Waals surface area (Å²) >= 11 is 7.38. The van der Waals surface area contributed by atoms with Crippen molar-refractivity contribution in [3.63, 3.8) is 0 Å². The topological polar surface area (TPSA) is 83.4 Å². The molecule has 6 nitrogen and oxygen atoms in total. The van der Waals surface area contributed by atoms with Gasteiger partial charge in [0, 0.05) is 28.3 Å². The van der Waals surface area contributed by atoms with E-state index in [-0.39, 0.29) is 0 Å². The average Bonchev–Trinajstić information content (AvgIpc) is 3.11. The Morgan fingerprint density at radius 2 is 2.11 bits per heavy atom. The Balaban J connectivity index is 1.69. The number of methoxy groups -OCH3 is 1. The molecule has 2 aromatic heterocycles. The molecule has 8 heteroatoms. The van der Waals surface area contributed by atoms with Crippen molar-refractivity contribution in [3.8, 4) is 6.07 Å². The second-order valence-corrected chi connectivity index (χ2v) is 7.29. The lowest BCUT2D eigenvalue weighted by molar-refractivity contribution is 0.184. The van der Waals surface area contributed by atoms with Crippen LogP contribution in [0.15, 0.2) is 62.0 Å². The number of pyridine rings is 1. The molecule has 0 saturated carbocycles. The van der Waals surface area contributed by atoms with E-state index in [4.69, 9.17) is 20.8 Å². The van der Waals surface area contributed by atoms with Gasteiger partial charge in [-0.25, -0.2) is 4.98 Å². The molecule has 1 N–H and O–H groups in total. The number of aryl methyl sites for hydroxylation is 1. The maximum Gasteiger partial charge on any atom is 0.165 e. The molecule has 28 heavy (non-hydrogen) atoms. The van der Waals surface area contributed by atoms with E-state index in [1.807, 2.05) is 49.4 Å². The summed E-state index contributed by atoms with van der Waals surface area (Å²) in [6.07, 6.45) is 1.53. The van der Waals surface area contributed by atoms with Gasteiger partial charge in [0.25, 0.3) is 0 Å². The Kier molecular flexibility index (Phi) is 6.71. The number of hydrogen-bond donors (Lipinski definition) is 1. The highest BCUT2D eigenvalue weighted by Crippen LogP contribution is 2.29. The Morgan fingerprint density at radius 3 is 2.82 bits per heavy atom. The van der Waals surface area contributed by atoms with Gasteiger partial charge in [-0.2, -0.15) is 10.4 Å². The Hall–Kier alpha value is -2.79. The number of rotatable bonds is 7. The largest absolute Gasteiger partial charge is 0.448 e. The van der Waals surface area contributed by atoms with Crippen LogP contribution in [0.2, 0.25) is 5.02 Å². The molecule has 0 fully saturated rings. The second kappa shape index (κ2) is 9.42. The summed E-state index contributed by atoms with van der Waals surface area (Å²) in [5.74, 6) is 0.959. The summed E-state index contributed by atoms with van der Waals surface area (Å²) in [6, 6.07) is 15.2. The molecule has 0 saturated heterocycles. The van der Waals surface area contributed by atoms with Gasteiger partial charge in [0.15, 0.2) is 10.9 Å². The number of hydrogen-bond acceptors (Lipinski definition) is 7. The monoisotopic (exact) mass is 412 g/mol. The average molecular weight is 413 g/mol. The molecule has 3 aromatic rings. The van der Waals surface area contributed by atoms with E-state index in [0.717, 1.165) is 21.2 Å². The van der Waals surface area contributed by atoms with Crippen molar-refractivity contribution in [1.82, 2.24) is 4.98 Å². The zero-order valence-corrected chi connectivity index (χ0v) is 16.8. The van der Waals surface area contributed by atoms with E-state index in [9.17, 15) is 5.26 Å². The summed E-state index contributed by atoms with van der Waals surface area (Å²) in [5, 5.41) is 15.0. The Labute approximate surface area is 172 Å². The van der Waals surface area contributed by atoms with E-state index in [1.54, 1.807) is 7.11 Å². The van der Waals surface area contributed by atoms with Crippen molar-refractivity contribution < 1.29 is 9.15 Å². The van der Waals surface area contributed by atoms with Gasteiger partial charge in [-0.1, -0.05) is 23.4 Å². The molecule has 3 rings (SSSR count). The molecule has 0 aliphatic rings. The predicted molar refractivity (Wildman–Crippen MR) is 110 cm³/mol. The zero-order valence-electron chi connectivity index (χ0n) is 15.3. The maximum atomic E-state index is 9.43. The predicted octanol–water partition coefficient (Wildman–Crippen LogP) is 5.25. The summed E-state index contributed by atoms with van der Waals surface area (Å²) in [6.45, 7) is 2.18. The fourth-order valence-electron chi connectivity index (χ4n) is 2.45. The van der Waals surface area contributed by atoms with Gasteiger partial charge in [-0.05, 0) is 49.4 Å². The highest BCUT2D eigenvalue weighted by Gasteiger charge is 2.11. The van der Waals surface area contributed by atoms with Crippen molar-refractivity contribution in [1.29, 1.82) is 5.26 Å². The minimum atomic E-state index is 0.327. The lowest BCUT2D eigenvalue weighted by Crippen LogP contribution is -2.03. The van der Waals surface area contributed by atoms with Gasteiger partial charge in [-0.3, -0.25) is 5.43 Å². The fourth-order valence-corrected chi connectivity index (χ4v) is 3.35. The van der Waals surface area contributed by atoms with Gasteiger partial charge >= 0.3 is 0 Å². The maximum absolute atomic E-state index is 9.43. The number of nitrogens with one attached hydrogen (secondary N) is 1. The van der Waals surface area contributed by atoms with E-state index in [1.165, 1.54) is 18.0 Å². The fraction of sp³-hybridized carbons (Fsp3) is 0.150. The quantitative estimate of drug-likeness (QED) is 0.421. The lowest BCUT2D eigenvalue weighted by atomic mass is 10.1. The number of hydrazone groups is 1. The summed E-state index contributed by atoms with van der Waals surface area (Å²) in [5.41, 5.74) is 4.75. The molecule has 0 atom stereocenters. The Morgan fingerprint density at radius 1 is 1.32 bits per heavy atom. The first-order valence-electron chi connectivity index (χ1n) is 8.31. The SMILES string of the molecule is COCc1cc(C)nc(N/N=C/c2ccc(Sc3ccc(Cl)cc3)o2)c1C#N. The number of benzene rings is 1. The van der Waals surface area contributed by atoms with E-state index in [0.29, 0.717) is 28.8 Å². The van der Waals surface area contributed by atoms with Crippen molar-refractivity contribution in [2.75, 3.05) is 12.5 Å². The van der Waals surface area contributed by atoms with Crippen molar-refractivity contribution >= 4 is 35.4 Å². The van der Waals surface area contributed by atoms with E-state index in [2.05, 4.69) is 21.6 Å². The smallest absolute Gasteiger partial charge is 0.165 e. The highest BCUT2D eigenvalue weighted by molar-refractivity contribution is 7.99. The minimum absolute atomic E-state index is 0.327. The third-order valence-electron chi connectivity index (χ3n) is 3.64. The lowest BCUT2D eigenvalue weighted by Gasteiger charge is -2.08. The third kappa shape index (κ3) is 5.14. The first-order chi connectivity index (χ1) is 13.6. The standard InChI is InChI=1S/C20H17ClN4O2S/c1-13-9-14(12-26-2)18(10-22)20(24-13)25-23-11-16-5-8-19(27-16)28-17-6-3-15(21)4-7-17/h3-9,11H,12H2,1-2H3,(H,24,25)/b23-11+. The van der Waals surface area contributed by atoms with Crippen LogP contribution in [0.4, 0.5) is 5.82 Å². The molecule has 0 radical (unpaired) electrons. The van der Waals surface area contributed by atoms with E-state index >= 15 is 0 Å². The van der Waals surface area contributed by atoms with Crippen LogP contribution in [0.1, 0.15) is 22.6 Å². The number of furan rings is 1. The molecule has 0 bridgehead atoms. The van der Waals surface area contributed by atoms with E-state index < -0.39 is 0 Å². The van der Waals surface area contributed by atoms with Crippen LogP contribution in [-0.2, 0) is 11.3 Å². The van der Waals surface area contributed by atoms with Crippen LogP contribution in [0.5, 0.6) is 0 Å². The molecule has 0 aliphatic carbocycles. The summed E-state index contributed by atoms with van der Waals surface area (Å²) in [4.78, 5) is 5.36. The van der Waals surface area contributed by atoms with Gasteiger partial charge < -0.3 is 9.15 Å². The summed E-state index contributed by atoms with van der Waals surface area (Å²) in [7, 11) is 1.58. The van der Waals surface area contributed by atoms with Gasteiger partial charge in [-0.15, -0.1) is 0 Å². The molecule has 1 aromatic carbocycles. The third-order valence-corrected chi connectivity index (χ3v) is 4.82. The van der Waals surface area contributed by atoms with Crippen LogP contribution in [-0.4, -0.2) is 18.3 Å². The number of halogens is 1. The molecule has 142 valence electrons. The number of nitrogens with zero attached hydrogens (tertiary/aromatic N) is 3. The molecule has 0 spiro atoms. The normalized spacial score (nSPS) is 10.9. The number of aromatic nitrogens is 1. The molecule has 0 unspecified atom stereocenters. The molecular formula is C20H17ClN4O2S. The number of nitriles is 1. The van der Waals surface area contributed by atoms with Crippen molar-refractivity contribution in [3.05, 3.63) is 70.1 Å². The van der Waals surface area contributed by atoms with Gasteiger partial charge in [0.05, 0.1) is 12.8 Å². The zero-order chi connectivity index (χ0) is 19.9. The van der Waals surface area contributed by atoms with Crippen LogP contribution in [0.3, 0.4) is 0 Å². The molecule has 0 aliphatic heterocycles. The van der Waals surface area contributed by atoms with Crippen LogP contribution in [0.25, 0.3) is 0 Å². The summed E-state index contributed by atoms with van der Waals surface area (Å²) < 4.78 is 10.9. The first kappa shape index (κ1) is 20.0. The number of ether oxygens (including phenoxy) is 1. The minimum Gasteiger partial charge on any atom is -0.448 e. The van der Waals surface area contributed by atoms with Crippen molar-refractivity contribution in [2.24, 2.45) is 5.10 Å². The first-order valence-corrected chi connectivity index (χ1v) is 9.50. The van der Waals surface area contributed by atoms with Crippen molar-refractivity contribution in [2.45, 2.75) is 23.5 Å². The van der Waals surface area contributed by atoms with Gasteiger partial charge in [0.2, 0.25) is 0 Å². The Bertz CT molecular complexity index is 1030. The highest BCUT2D eigenvalue weighted by atomic mass is 35.5. The number of anilines is 1. The van der Waals surface area contributed by atoms with Crippen LogP contribution < -0.4 is 5.43 Å². The molecule has 0 amide bonds. The second-order valence-electron chi connectivity index (χ2n) is 5.77.